The van der Waals surface area contributed by atoms with E-state index in [-0.39, 0.29) is 24.0 Å². The van der Waals surface area contributed by atoms with Crippen LogP contribution in [0.5, 0.6) is 0 Å². The predicted octanol–water partition coefficient (Wildman–Crippen LogP) is 1.93. The number of ether oxygens (including phenoxy) is 1. The zero-order valence-corrected chi connectivity index (χ0v) is 16.2. The van der Waals surface area contributed by atoms with Crippen molar-refractivity contribution in [2.24, 2.45) is 10.9 Å². The van der Waals surface area contributed by atoms with Crippen LogP contribution in [0.1, 0.15) is 32.6 Å². The summed E-state index contributed by atoms with van der Waals surface area (Å²) in [5.74, 6) is 1.78. The van der Waals surface area contributed by atoms with E-state index in [0.29, 0.717) is 0 Å². The number of nitrogens with one attached hydrogen (secondary N) is 2. The average Bonchev–Trinajstić information content (AvgIpc) is 3.22. The molecule has 1 saturated carbocycles. The monoisotopic (exact) mass is 412 g/mol. The molecule has 0 aromatic rings. The summed E-state index contributed by atoms with van der Waals surface area (Å²) in [5.41, 5.74) is 0. The molecule has 1 rings (SSSR count). The molecular formula is C15H33IN4O. The molecule has 0 amide bonds. The van der Waals surface area contributed by atoms with Crippen LogP contribution in [0.4, 0.5) is 0 Å². The molecule has 0 atom stereocenters. The van der Waals surface area contributed by atoms with Gasteiger partial charge >= 0.3 is 0 Å². The normalized spacial score (nSPS) is 15.0. The molecule has 0 aromatic heterocycles. The third-order valence-corrected chi connectivity index (χ3v) is 3.19. The summed E-state index contributed by atoms with van der Waals surface area (Å²) in [6, 6.07) is 0. The zero-order chi connectivity index (χ0) is 14.6. The first-order valence-electron chi connectivity index (χ1n) is 7.97. The lowest BCUT2D eigenvalue weighted by Crippen LogP contribution is -2.38. The Hall–Kier alpha value is -0.0800. The molecule has 0 heterocycles. The number of rotatable bonds is 11. The molecule has 0 saturated heterocycles. The smallest absolute Gasteiger partial charge is 0.191 e. The summed E-state index contributed by atoms with van der Waals surface area (Å²) in [7, 11) is 4.20. The average molecular weight is 412 g/mol. The highest BCUT2D eigenvalue weighted by Gasteiger charge is 2.20. The van der Waals surface area contributed by atoms with E-state index in [1.54, 1.807) is 0 Å². The Kier molecular flexibility index (Phi) is 13.5. The van der Waals surface area contributed by atoms with Gasteiger partial charge in [0, 0.05) is 32.8 Å². The largest absolute Gasteiger partial charge is 0.381 e. The van der Waals surface area contributed by atoms with E-state index in [2.05, 4.69) is 41.5 Å². The van der Waals surface area contributed by atoms with Crippen molar-refractivity contribution in [2.75, 3.05) is 53.5 Å². The number of hydrogen-bond donors (Lipinski definition) is 2. The molecule has 1 fully saturated rings. The van der Waals surface area contributed by atoms with Crippen LogP contribution in [-0.2, 0) is 4.74 Å². The van der Waals surface area contributed by atoms with Crippen molar-refractivity contribution >= 4 is 29.9 Å². The Labute approximate surface area is 147 Å². The van der Waals surface area contributed by atoms with Crippen molar-refractivity contribution in [2.45, 2.75) is 32.6 Å². The van der Waals surface area contributed by atoms with Gasteiger partial charge in [-0.3, -0.25) is 4.99 Å². The van der Waals surface area contributed by atoms with E-state index in [4.69, 9.17) is 4.74 Å². The SMILES string of the molecule is CCNC(=NCCCOCC1CC1)NCCCN(C)C.I. The van der Waals surface area contributed by atoms with Gasteiger partial charge in [0.25, 0.3) is 0 Å². The molecule has 0 radical (unpaired) electrons. The van der Waals surface area contributed by atoms with Gasteiger partial charge in [0.1, 0.15) is 0 Å². The predicted molar refractivity (Wildman–Crippen MR) is 101 cm³/mol. The van der Waals surface area contributed by atoms with Crippen molar-refractivity contribution < 1.29 is 4.74 Å². The highest BCUT2D eigenvalue weighted by atomic mass is 127. The fourth-order valence-corrected chi connectivity index (χ4v) is 1.84. The fraction of sp³-hybridized carbons (Fsp3) is 0.933. The number of hydrogen-bond acceptors (Lipinski definition) is 3. The third-order valence-electron chi connectivity index (χ3n) is 3.19. The Morgan fingerprint density at radius 1 is 1.24 bits per heavy atom. The van der Waals surface area contributed by atoms with Crippen LogP contribution in [0.25, 0.3) is 0 Å². The maximum Gasteiger partial charge on any atom is 0.191 e. The van der Waals surface area contributed by atoms with Gasteiger partial charge in [-0.2, -0.15) is 0 Å². The second-order valence-electron chi connectivity index (χ2n) is 5.72. The van der Waals surface area contributed by atoms with Crippen molar-refractivity contribution in [1.82, 2.24) is 15.5 Å². The lowest BCUT2D eigenvalue weighted by molar-refractivity contribution is 0.123. The second-order valence-corrected chi connectivity index (χ2v) is 5.72. The molecule has 0 bridgehead atoms. The summed E-state index contributed by atoms with van der Waals surface area (Å²) in [4.78, 5) is 6.76. The Morgan fingerprint density at radius 2 is 2.00 bits per heavy atom. The number of guanidine groups is 1. The number of halogens is 1. The molecule has 21 heavy (non-hydrogen) atoms. The minimum atomic E-state index is 0. The topological polar surface area (TPSA) is 48.9 Å². The van der Waals surface area contributed by atoms with Gasteiger partial charge in [0.15, 0.2) is 5.96 Å². The molecule has 126 valence electrons. The van der Waals surface area contributed by atoms with Crippen molar-refractivity contribution in [3.8, 4) is 0 Å². The molecule has 2 N–H and O–H groups in total. The summed E-state index contributed by atoms with van der Waals surface area (Å²) < 4.78 is 5.61. The number of nitrogens with zero attached hydrogens (tertiary/aromatic N) is 2. The maximum atomic E-state index is 5.61. The summed E-state index contributed by atoms with van der Waals surface area (Å²) in [6.45, 7) is 7.66. The molecular weight excluding hydrogens is 379 g/mol. The first-order valence-corrected chi connectivity index (χ1v) is 7.97. The van der Waals surface area contributed by atoms with Gasteiger partial charge < -0.3 is 20.3 Å². The highest BCUT2D eigenvalue weighted by molar-refractivity contribution is 14.0. The van der Waals surface area contributed by atoms with Crippen LogP contribution in [0.2, 0.25) is 0 Å². The van der Waals surface area contributed by atoms with E-state index < -0.39 is 0 Å². The van der Waals surface area contributed by atoms with Crippen LogP contribution in [-0.4, -0.2) is 64.3 Å². The van der Waals surface area contributed by atoms with Crippen LogP contribution in [0.15, 0.2) is 4.99 Å². The minimum absolute atomic E-state index is 0. The van der Waals surface area contributed by atoms with Crippen LogP contribution >= 0.6 is 24.0 Å². The second kappa shape index (κ2) is 13.6. The van der Waals surface area contributed by atoms with Gasteiger partial charge in [-0.05, 0) is 59.2 Å². The zero-order valence-electron chi connectivity index (χ0n) is 13.9. The molecule has 0 unspecified atom stereocenters. The van der Waals surface area contributed by atoms with Gasteiger partial charge in [0.05, 0.1) is 0 Å². The van der Waals surface area contributed by atoms with E-state index >= 15 is 0 Å². The fourth-order valence-electron chi connectivity index (χ4n) is 1.84. The van der Waals surface area contributed by atoms with Gasteiger partial charge in [-0.25, -0.2) is 0 Å². The Morgan fingerprint density at radius 3 is 2.62 bits per heavy atom. The summed E-state index contributed by atoms with van der Waals surface area (Å²) in [5, 5.41) is 6.64. The molecule has 0 spiro atoms. The Bertz CT molecular complexity index is 270. The Balaban J connectivity index is 0.00000400. The van der Waals surface area contributed by atoms with Gasteiger partial charge in [-0.1, -0.05) is 0 Å². The van der Waals surface area contributed by atoms with Crippen molar-refractivity contribution in [1.29, 1.82) is 0 Å². The van der Waals surface area contributed by atoms with Gasteiger partial charge in [0.2, 0.25) is 0 Å². The summed E-state index contributed by atoms with van der Waals surface area (Å²) >= 11 is 0. The standard InChI is InChI=1S/C15H32N4O.HI/c1-4-16-15(17-9-5-11-19(2)3)18-10-6-12-20-13-14-7-8-14;/h14H,4-13H2,1-3H3,(H2,16,17,18);1H. The molecule has 1 aliphatic rings. The lowest BCUT2D eigenvalue weighted by atomic mass is 10.4. The third kappa shape index (κ3) is 13.3. The van der Waals surface area contributed by atoms with Crippen LogP contribution in [0.3, 0.4) is 0 Å². The van der Waals surface area contributed by atoms with Crippen LogP contribution < -0.4 is 10.6 Å². The molecule has 1 aliphatic carbocycles. The van der Waals surface area contributed by atoms with Crippen LogP contribution in [0, 0.1) is 5.92 Å². The minimum Gasteiger partial charge on any atom is -0.381 e. The summed E-state index contributed by atoms with van der Waals surface area (Å²) in [6.07, 6.45) is 4.85. The van der Waals surface area contributed by atoms with E-state index in [1.165, 1.54) is 12.8 Å². The number of aliphatic imine (C=N–C) groups is 1. The lowest BCUT2D eigenvalue weighted by Gasteiger charge is -2.13. The van der Waals surface area contributed by atoms with Crippen molar-refractivity contribution in [3.63, 3.8) is 0 Å². The first-order chi connectivity index (χ1) is 9.72. The molecule has 5 nitrogen and oxygen atoms in total. The van der Waals surface area contributed by atoms with E-state index in [1.807, 2.05) is 0 Å². The molecule has 6 heteroatoms. The maximum absolute atomic E-state index is 5.61. The van der Waals surface area contributed by atoms with Crippen molar-refractivity contribution in [3.05, 3.63) is 0 Å². The molecule has 0 aliphatic heterocycles. The quantitative estimate of drug-likeness (QED) is 0.236. The van der Waals surface area contributed by atoms with Gasteiger partial charge in [-0.15, -0.1) is 24.0 Å². The highest BCUT2D eigenvalue weighted by Crippen LogP contribution is 2.28. The molecule has 0 aromatic carbocycles. The van der Waals surface area contributed by atoms with E-state index in [9.17, 15) is 0 Å². The van der Waals surface area contributed by atoms with E-state index in [0.717, 1.165) is 64.1 Å². The first kappa shape index (κ1) is 20.9.